The SMILES string of the molecule is Cc1ccc(NC(=O)NCC2CCCN(C(=O)c3ccc(-c4ccccc4Cl)o3)C2)cc1. The average Bonchev–Trinajstić information content (AvgIpc) is 3.29. The topological polar surface area (TPSA) is 74.6 Å². The van der Waals surface area contributed by atoms with Gasteiger partial charge in [0.15, 0.2) is 5.76 Å². The zero-order valence-corrected chi connectivity index (χ0v) is 18.7. The van der Waals surface area contributed by atoms with Crippen molar-refractivity contribution >= 4 is 29.2 Å². The van der Waals surface area contributed by atoms with E-state index in [1.54, 1.807) is 23.1 Å². The number of hydrogen-bond donors (Lipinski definition) is 2. The summed E-state index contributed by atoms with van der Waals surface area (Å²) in [6.07, 6.45) is 1.84. The number of hydrogen-bond acceptors (Lipinski definition) is 3. The predicted octanol–water partition coefficient (Wildman–Crippen LogP) is 5.58. The van der Waals surface area contributed by atoms with Crippen molar-refractivity contribution in [3.05, 3.63) is 77.0 Å². The monoisotopic (exact) mass is 451 g/mol. The van der Waals surface area contributed by atoms with Crippen LogP contribution in [0.1, 0.15) is 29.0 Å². The van der Waals surface area contributed by atoms with Crippen molar-refractivity contribution in [3.8, 4) is 11.3 Å². The number of nitrogens with one attached hydrogen (secondary N) is 2. The van der Waals surface area contributed by atoms with Crippen LogP contribution in [0, 0.1) is 12.8 Å². The summed E-state index contributed by atoms with van der Waals surface area (Å²) in [4.78, 5) is 27.0. The van der Waals surface area contributed by atoms with Crippen LogP contribution in [0.3, 0.4) is 0 Å². The number of carbonyl (C=O) groups excluding carboxylic acids is 2. The Balaban J connectivity index is 1.31. The zero-order chi connectivity index (χ0) is 22.5. The van der Waals surface area contributed by atoms with E-state index in [0.29, 0.717) is 36.2 Å². The van der Waals surface area contributed by atoms with Crippen LogP contribution in [0.25, 0.3) is 11.3 Å². The van der Waals surface area contributed by atoms with Gasteiger partial charge in [-0.1, -0.05) is 41.4 Å². The van der Waals surface area contributed by atoms with Gasteiger partial charge in [-0.2, -0.15) is 0 Å². The van der Waals surface area contributed by atoms with Gasteiger partial charge in [0.25, 0.3) is 5.91 Å². The Bertz CT molecular complexity index is 1090. The molecule has 2 aromatic carbocycles. The molecule has 1 aromatic heterocycles. The van der Waals surface area contributed by atoms with Gasteiger partial charge < -0.3 is 20.0 Å². The first-order valence-electron chi connectivity index (χ1n) is 10.7. The van der Waals surface area contributed by atoms with Gasteiger partial charge >= 0.3 is 6.03 Å². The summed E-state index contributed by atoms with van der Waals surface area (Å²) in [6, 6.07) is 18.2. The fraction of sp³-hybridized carbons (Fsp3) is 0.280. The Labute approximate surface area is 192 Å². The van der Waals surface area contributed by atoms with Crippen molar-refractivity contribution in [1.29, 1.82) is 0 Å². The van der Waals surface area contributed by atoms with Crippen molar-refractivity contribution in [1.82, 2.24) is 10.2 Å². The lowest BCUT2D eigenvalue weighted by Gasteiger charge is -2.32. The van der Waals surface area contributed by atoms with Gasteiger partial charge in [-0.05, 0) is 62.1 Å². The molecule has 1 fully saturated rings. The summed E-state index contributed by atoms with van der Waals surface area (Å²) in [6.45, 7) is 3.75. The van der Waals surface area contributed by atoms with E-state index in [-0.39, 0.29) is 17.9 Å². The standard InChI is InChI=1S/C25H26ClN3O3/c1-17-8-10-19(11-9-17)28-25(31)27-15-18-5-4-14-29(16-18)24(30)23-13-12-22(32-23)20-6-2-3-7-21(20)26/h2-3,6-13,18H,4-5,14-16H2,1H3,(H2,27,28,31). The molecule has 1 aliphatic heterocycles. The Hall–Kier alpha value is -3.25. The second kappa shape index (κ2) is 9.92. The Morgan fingerprint density at radius 1 is 1.09 bits per heavy atom. The summed E-state index contributed by atoms with van der Waals surface area (Å²) in [5.74, 6) is 0.916. The third kappa shape index (κ3) is 5.32. The number of carbonyl (C=O) groups is 2. The maximum Gasteiger partial charge on any atom is 0.319 e. The minimum Gasteiger partial charge on any atom is -0.451 e. The quantitative estimate of drug-likeness (QED) is 0.531. The van der Waals surface area contributed by atoms with Crippen LogP contribution in [-0.4, -0.2) is 36.5 Å². The first-order chi connectivity index (χ1) is 15.5. The second-order valence-electron chi connectivity index (χ2n) is 8.10. The van der Waals surface area contributed by atoms with Crippen molar-refractivity contribution < 1.29 is 14.0 Å². The van der Waals surface area contributed by atoms with Crippen molar-refractivity contribution in [2.75, 3.05) is 25.0 Å². The van der Waals surface area contributed by atoms with Crippen LogP contribution in [0.15, 0.2) is 65.1 Å². The minimum atomic E-state index is -0.243. The van der Waals surface area contributed by atoms with Crippen LogP contribution in [0.4, 0.5) is 10.5 Å². The smallest absolute Gasteiger partial charge is 0.319 e. The van der Waals surface area contributed by atoms with Gasteiger partial charge in [-0.3, -0.25) is 4.79 Å². The van der Waals surface area contributed by atoms with E-state index in [1.807, 2.05) is 49.4 Å². The number of likely N-dealkylation sites (tertiary alicyclic amines) is 1. The largest absolute Gasteiger partial charge is 0.451 e. The third-order valence-electron chi connectivity index (χ3n) is 5.62. The number of rotatable bonds is 5. The Morgan fingerprint density at radius 3 is 2.66 bits per heavy atom. The normalized spacial score (nSPS) is 15.9. The molecule has 4 rings (SSSR count). The van der Waals surface area contributed by atoms with E-state index in [9.17, 15) is 9.59 Å². The van der Waals surface area contributed by atoms with Gasteiger partial charge in [-0.25, -0.2) is 4.79 Å². The number of halogens is 1. The molecule has 32 heavy (non-hydrogen) atoms. The molecule has 1 saturated heterocycles. The molecular formula is C25H26ClN3O3. The van der Waals surface area contributed by atoms with E-state index in [4.69, 9.17) is 16.0 Å². The predicted molar refractivity (Wildman–Crippen MR) is 126 cm³/mol. The summed E-state index contributed by atoms with van der Waals surface area (Å²) in [7, 11) is 0. The van der Waals surface area contributed by atoms with Gasteiger partial charge in [0.2, 0.25) is 0 Å². The number of piperidine rings is 1. The van der Waals surface area contributed by atoms with Gasteiger partial charge in [0.05, 0.1) is 5.02 Å². The highest BCUT2D eigenvalue weighted by Crippen LogP contribution is 2.30. The molecule has 166 valence electrons. The lowest BCUT2D eigenvalue weighted by atomic mass is 9.98. The maximum absolute atomic E-state index is 13.0. The number of aryl methyl sites for hydroxylation is 1. The molecule has 0 aliphatic carbocycles. The molecule has 2 N–H and O–H groups in total. The Morgan fingerprint density at radius 2 is 1.88 bits per heavy atom. The first kappa shape index (κ1) is 22.0. The number of benzene rings is 2. The molecule has 1 aliphatic rings. The van der Waals surface area contributed by atoms with E-state index < -0.39 is 0 Å². The summed E-state index contributed by atoms with van der Waals surface area (Å²) < 4.78 is 5.82. The van der Waals surface area contributed by atoms with E-state index >= 15 is 0 Å². The third-order valence-corrected chi connectivity index (χ3v) is 5.95. The molecular weight excluding hydrogens is 426 g/mol. The molecule has 7 heteroatoms. The molecule has 3 aromatic rings. The summed E-state index contributed by atoms with van der Waals surface area (Å²) >= 11 is 6.24. The molecule has 2 heterocycles. The molecule has 1 atom stereocenters. The second-order valence-corrected chi connectivity index (χ2v) is 8.51. The van der Waals surface area contributed by atoms with Crippen molar-refractivity contribution in [3.63, 3.8) is 0 Å². The van der Waals surface area contributed by atoms with Crippen LogP contribution in [0.2, 0.25) is 5.02 Å². The van der Waals surface area contributed by atoms with Crippen molar-refractivity contribution in [2.45, 2.75) is 19.8 Å². The molecule has 6 nitrogen and oxygen atoms in total. The number of anilines is 1. The fourth-order valence-corrected chi connectivity index (χ4v) is 4.11. The number of urea groups is 1. The molecule has 0 saturated carbocycles. The van der Waals surface area contributed by atoms with Crippen molar-refractivity contribution in [2.24, 2.45) is 5.92 Å². The Kier molecular flexibility index (Phi) is 6.81. The molecule has 3 amide bonds. The summed E-state index contributed by atoms with van der Waals surface area (Å²) in [5.41, 5.74) is 2.65. The number of nitrogens with zero attached hydrogens (tertiary/aromatic N) is 1. The fourth-order valence-electron chi connectivity index (χ4n) is 3.88. The molecule has 0 spiro atoms. The van der Waals surface area contributed by atoms with E-state index in [2.05, 4.69) is 10.6 Å². The first-order valence-corrected chi connectivity index (χ1v) is 11.1. The lowest BCUT2D eigenvalue weighted by molar-refractivity contribution is 0.0644. The molecule has 0 radical (unpaired) electrons. The zero-order valence-electron chi connectivity index (χ0n) is 17.9. The molecule has 0 bridgehead atoms. The highest BCUT2D eigenvalue weighted by Gasteiger charge is 2.27. The highest BCUT2D eigenvalue weighted by molar-refractivity contribution is 6.33. The van der Waals surface area contributed by atoms with E-state index in [0.717, 1.165) is 29.7 Å². The average molecular weight is 452 g/mol. The van der Waals surface area contributed by atoms with Gasteiger partial charge in [-0.15, -0.1) is 0 Å². The van der Waals surface area contributed by atoms with Crippen LogP contribution in [-0.2, 0) is 0 Å². The summed E-state index contributed by atoms with van der Waals surface area (Å²) in [5, 5.41) is 6.33. The van der Waals surface area contributed by atoms with E-state index in [1.165, 1.54) is 0 Å². The highest BCUT2D eigenvalue weighted by atomic mass is 35.5. The van der Waals surface area contributed by atoms with Gasteiger partial charge in [0, 0.05) is 30.9 Å². The van der Waals surface area contributed by atoms with Crippen LogP contribution in [0.5, 0.6) is 0 Å². The van der Waals surface area contributed by atoms with Gasteiger partial charge in [0.1, 0.15) is 5.76 Å². The number of amides is 3. The minimum absolute atomic E-state index is 0.142. The molecule has 1 unspecified atom stereocenters. The number of furan rings is 1. The van der Waals surface area contributed by atoms with Crippen LogP contribution >= 0.6 is 11.6 Å². The van der Waals surface area contributed by atoms with Crippen LogP contribution < -0.4 is 10.6 Å². The lowest BCUT2D eigenvalue weighted by Crippen LogP contribution is -2.44. The maximum atomic E-state index is 13.0.